The smallest absolute Gasteiger partial charge is 0.259 e. The lowest BCUT2D eigenvalue weighted by Crippen LogP contribution is -2.14. The number of aromatic nitrogens is 1. The van der Waals surface area contributed by atoms with Crippen LogP contribution in [0.15, 0.2) is 41.0 Å². The Bertz CT molecular complexity index is 589. The van der Waals surface area contributed by atoms with Gasteiger partial charge in [-0.25, -0.2) is 9.37 Å². The molecule has 1 aromatic heterocycles. The summed E-state index contributed by atoms with van der Waals surface area (Å²) in [5.41, 5.74) is -0.0152. The molecular formula is C12H7BrFIN2O. The second-order valence-corrected chi connectivity index (χ2v) is 5.60. The van der Waals surface area contributed by atoms with Gasteiger partial charge in [-0.2, -0.15) is 0 Å². The third-order valence-corrected chi connectivity index (χ3v) is 3.28. The lowest BCUT2D eigenvalue weighted by atomic mass is 10.2. The molecule has 0 saturated heterocycles. The highest BCUT2D eigenvalue weighted by Gasteiger charge is 2.12. The van der Waals surface area contributed by atoms with Crippen molar-refractivity contribution in [3.05, 3.63) is 56.0 Å². The van der Waals surface area contributed by atoms with E-state index in [1.165, 1.54) is 12.1 Å². The zero-order chi connectivity index (χ0) is 13.1. The van der Waals surface area contributed by atoms with Gasteiger partial charge in [0.25, 0.3) is 5.91 Å². The number of amides is 1. The molecule has 0 spiro atoms. The monoisotopic (exact) mass is 420 g/mol. The summed E-state index contributed by atoms with van der Waals surface area (Å²) in [4.78, 5) is 15.8. The summed E-state index contributed by atoms with van der Waals surface area (Å²) in [7, 11) is 0. The molecule has 3 nitrogen and oxygen atoms in total. The minimum atomic E-state index is -0.576. The second kappa shape index (κ2) is 5.75. The fourth-order valence-corrected chi connectivity index (χ4v) is 1.96. The van der Waals surface area contributed by atoms with E-state index in [2.05, 4.69) is 48.8 Å². The Morgan fingerprint density at radius 1 is 1.33 bits per heavy atom. The molecule has 0 saturated carbocycles. The van der Waals surface area contributed by atoms with Crippen LogP contribution in [0.25, 0.3) is 0 Å². The van der Waals surface area contributed by atoms with Gasteiger partial charge in [0, 0.05) is 14.2 Å². The van der Waals surface area contributed by atoms with Gasteiger partial charge < -0.3 is 5.32 Å². The van der Waals surface area contributed by atoms with Crippen molar-refractivity contribution in [3.63, 3.8) is 0 Å². The Kier molecular flexibility index (Phi) is 4.28. The van der Waals surface area contributed by atoms with Crippen LogP contribution in [0.3, 0.4) is 0 Å². The molecule has 18 heavy (non-hydrogen) atoms. The van der Waals surface area contributed by atoms with E-state index < -0.39 is 11.7 Å². The van der Waals surface area contributed by atoms with Gasteiger partial charge >= 0.3 is 0 Å². The van der Waals surface area contributed by atoms with Crippen molar-refractivity contribution < 1.29 is 9.18 Å². The molecule has 1 heterocycles. The first-order valence-corrected chi connectivity index (χ1v) is 6.81. The predicted octanol–water partition coefficient (Wildman–Crippen LogP) is 3.84. The molecule has 0 atom stereocenters. The first-order chi connectivity index (χ1) is 8.56. The predicted molar refractivity (Wildman–Crippen MR) is 79.0 cm³/mol. The summed E-state index contributed by atoms with van der Waals surface area (Å²) >= 11 is 5.25. The second-order valence-electron chi connectivity index (χ2n) is 3.44. The minimum Gasteiger partial charge on any atom is -0.306 e. The number of pyridine rings is 1. The summed E-state index contributed by atoms with van der Waals surface area (Å²) < 4.78 is 15.1. The standard InChI is InChI=1S/C12H7BrFIN2O/c13-7-1-3-9(10(14)5-7)12(18)17-11-4-2-8(15)6-16-11/h1-6H,(H,16,17,18). The van der Waals surface area contributed by atoms with Gasteiger partial charge in [-0.3, -0.25) is 4.79 Å². The summed E-state index contributed by atoms with van der Waals surface area (Å²) in [6, 6.07) is 7.74. The lowest BCUT2D eigenvalue weighted by molar-refractivity contribution is 0.102. The van der Waals surface area contributed by atoms with Crippen LogP contribution >= 0.6 is 38.5 Å². The fraction of sp³-hybridized carbons (Fsp3) is 0. The quantitative estimate of drug-likeness (QED) is 0.750. The molecule has 0 fully saturated rings. The molecule has 0 aliphatic rings. The van der Waals surface area contributed by atoms with Gasteiger partial charge in [0.2, 0.25) is 0 Å². The van der Waals surface area contributed by atoms with Crippen LogP contribution in [-0.2, 0) is 0 Å². The number of hydrogen-bond acceptors (Lipinski definition) is 2. The Morgan fingerprint density at radius 3 is 2.72 bits per heavy atom. The van der Waals surface area contributed by atoms with E-state index in [1.807, 2.05) is 0 Å². The number of nitrogens with one attached hydrogen (secondary N) is 1. The Hall–Kier alpha value is -1.02. The van der Waals surface area contributed by atoms with E-state index in [9.17, 15) is 9.18 Å². The van der Waals surface area contributed by atoms with Crippen molar-refractivity contribution in [1.29, 1.82) is 0 Å². The lowest BCUT2D eigenvalue weighted by Gasteiger charge is -2.05. The van der Waals surface area contributed by atoms with Crippen LogP contribution in [0.1, 0.15) is 10.4 Å². The maximum Gasteiger partial charge on any atom is 0.259 e. The maximum absolute atomic E-state index is 13.6. The van der Waals surface area contributed by atoms with Gasteiger partial charge in [0.1, 0.15) is 11.6 Å². The van der Waals surface area contributed by atoms with Gasteiger partial charge in [0.15, 0.2) is 0 Å². The molecule has 92 valence electrons. The topological polar surface area (TPSA) is 42.0 Å². The Balaban J connectivity index is 2.19. The van der Waals surface area contributed by atoms with E-state index in [0.29, 0.717) is 10.3 Å². The molecule has 1 N–H and O–H groups in total. The molecule has 0 unspecified atom stereocenters. The van der Waals surface area contributed by atoms with Gasteiger partial charge in [-0.1, -0.05) is 15.9 Å². The highest BCUT2D eigenvalue weighted by atomic mass is 127. The number of nitrogens with zero attached hydrogens (tertiary/aromatic N) is 1. The molecule has 0 aliphatic carbocycles. The van der Waals surface area contributed by atoms with Crippen molar-refractivity contribution in [2.75, 3.05) is 5.32 Å². The normalized spacial score (nSPS) is 10.2. The van der Waals surface area contributed by atoms with E-state index in [-0.39, 0.29) is 5.56 Å². The molecular weight excluding hydrogens is 414 g/mol. The Labute approximate surface area is 125 Å². The number of rotatable bonds is 2. The number of halogens is 3. The van der Waals surface area contributed by atoms with Crippen LogP contribution < -0.4 is 5.32 Å². The van der Waals surface area contributed by atoms with Crippen LogP contribution in [0.5, 0.6) is 0 Å². The summed E-state index contributed by atoms with van der Waals surface area (Å²) in [5, 5.41) is 2.54. The van der Waals surface area contributed by atoms with Gasteiger partial charge in [-0.15, -0.1) is 0 Å². The van der Waals surface area contributed by atoms with Gasteiger partial charge in [0.05, 0.1) is 5.56 Å². The van der Waals surface area contributed by atoms with E-state index in [4.69, 9.17) is 0 Å². The average molecular weight is 421 g/mol. The highest BCUT2D eigenvalue weighted by Crippen LogP contribution is 2.16. The minimum absolute atomic E-state index is 0.0152. The van der Waals surface area contributed by atoms with Crippen LogP contribution in [0, 0.1) is 9.39 Å². The van der Waals surface area contributed by atoms with Crippen LogP contribution in [-0.4, -0.2) is 10.9 Å². The molecule has 6 heteroatoms. The molecule has 1 aromatic carbocycles. The largest absolute Gasteiger partial charge is 0.306 e. The van der Waals surface area contributed by atoms with Crippen molar-refractivity contribution in [2.45, 2.75) is 0 Å². The van der Waals surface area contributed by atoms with Crippen molar-refractivity contribution in [2.24, 2.45) is 0 Å². The zero-order valence-corrected chi connectivity index (χ0v) is 12.7. The van der Waals surface area contributed by atoms with Crippen LogP contribution in [0.2, 0.25) is 0 Å². The van der Waals surface area contributed by atoms with Crippen molar-refractivity contribution in [1.82, 2.24) is 4.98 Å². The summed E-state index contributed by atoms with van der Waals surface area (Å²) in [6.07, 6.45) is 1.62. The Morgan fingerprint density at radius 2 is 2.11 bits per heavy atom. The molecule has 0 bridgehead atoms. The average Bonchev–Trinajstić information content (AvgIpc) is 2.32. The molecule has 2 rings (SSSR count). The third kappa shape index (κ3) is 3.26. The SMILES string of the molecule is O=C(Nc1ccc(I)cn1)c1ccc(Br)cc1F. The molecule has 1 amide bonds. The van der Waals surface area contributed by atoms with Crippen molar-refractivity contribution in [3.8, 4) is 0 Å². The van der Waals surface area contributed by atoms with E-state index in [1.54, 1.807) is 24.4 Å². The number of anilines is 1. The first kappa shape index (κ1) is 13.4. The molecule has 2 aromatic rings. The molecule has 0 radical (unpaired) electrons. The molecule has 0 aliphatic heterocycles. The fourth-order valence-electron chi connectivity index (χ4n) is 1.31. The number of benzene rings is 1. The van der Waals surface area contributed by atoms with Crippen molar-refractivity contribution >= 4 is 50.2 Å². The first-order valence-electron chi connectivity index (χ1n) is 4.94. The summed E-state index contributed by atoms with van der Waals surface area (Å²) in [5.74, 6) is -0.705. The van der Waals surface area contributed by atoms with E-state index >= 15 is 0 Å². The zero-order valence-electron chi connectivity index (χ0n) is 8.95. The maximum atomic E-state index is 13.6. The number of carbonyl (C=O) groups is 1. The highest BCUT2D eigenvalue weighted by molar-refractivity contribution is 14.1. The summed E-state index contributed by atoms with van der Waals surface area (Å²) in [6.45, 7) is 0. The third-order valence-electron chi connectivity index (χ3n) is 2.14. The number of hydrogen-bond donors (Lipinski definition) is 1. The van der Waals surface area contributed by atoms with Crippen LogP contribution in [0.4, 0.5) is 10.2 Å². The van der Waals surface area contributed by atoms with Gasteiger partial charge in [-0.05, 0) is 52.9 Å². The number of carbonyl (C=O) groups excluding carboxylic acids is 1. The van der Waals surface area contributed by atoms with E-state index in [0.717, 1.165) is 3.57 Å².